The minimum absolute atomic E-state index is 0.0457. The Morgan fingerprint density at radius 2 is 1.67 bits per heavy atom. The predicted molar refractivity (Wildman–Crippen MR) is 88.5 cm³/mol. The van der Waals surface area contributed by atoms with E-state index in [2.05, 4.69) is 6.92 Å². The van der Waals surface area contributed by atoms with Crippen molar-refractivity contribution in [2.75, 3.05) is 0 Å². The van der Waals surface area contributed by atoms with Crippen LogP contribution in [0.15, 0.2) is 47.4 Å². The summed E-state index contributed by atoms with van der Waals surface area (Å²) in [5.41, 5.74) is 0. The van der Waals surface area contributed by atoms with Gasteiger partial charge in [0, 0.05) is 5.39 Å². The van der Waals surface area contributed by atoms with Crippen molar-refractivity contribution in [1.29, 1.82) is 0 Å². The maximum absolute atomic E-state index is 11.0. The van der Waals surface area contributed by atoms with E-state index in [1.807, 2.05) is 6.07 Å². The molecule has 0 heterocycles. The van der Waals surface area contributed by atoms with E-state index >= 15 is 0 Å². The summed E-state index contributed by atoms with van der Waals surface area (Å²) in [6.07, 6.45) is 5.78. The van der Waals surface area contributed by atoms with E-state index in [4.69, 9.17) is 4.55 Å². The van der Waals surface area contributed by atoms with Gasteiger partial charge in [-0.15, -0.1) is 0 Å². The Labute approximate surface area is 144 Å². The molecule has 0 fully saturated rings. The Bertz CT molecular complexity index is 644. The molecule has 0 saturated heterocycles. The van der Waals surface area contributed by atoms with Gasteiger partial charge in [0.15, 0.2) is 0 Å². The van der Waals surface area contributed by atoms with Gasteiger partial charge in [-0.3, -0.25) is 4.55 Å². The van der Waals surface area contributed by atoms with Gasteiger partial charge in [0.2, 0.25) is 0 Å². The quantitative estimate of drug-likeness (QED) is 0.510. The molecule has 0 saturated carbocycles. The number of unbranched alkanes of at least 4 members (excludes halogenated alkanes) is 3. The summed E-state index contributed by atoms with van der Waals surface area (Å²) in [4.78, 5) is -0.0457. The third-order valence-electron chi connectivity index (χ3n) is 3.23. The number of rotatable bonds is 5. The van der Waals surface area contributed by atoms with Crippen molar-refractivity contribution in [3.8, 4) is 0 Å². The van der Waals surface area contributed by atoms with Gasteiger partial charge >= 0.3 is 64.2 Å². The molecule has 0 radical (unpaired) electrons. The average molecular weight is 316 g/mol. The Hall–Kier alpha value is -0.390. The molecule has 110 valence electrons. The van der Waals surface area contributed by atoms with Gasteiger partial charge < -0.3 is 0 Å². The number of hydrogen-bond donors (Lipinski definition) is 1. The third-order valence-corrected chi connectivity index (χ3v) is 4.85. The zero-order valence-corrected chi connectivity index (χ0v) is 15.6. The normalized spacial score (nSPS) is 11.0. The molecule has 0 bridgehead atoms. The molecule has 0 spiro atoms. The minimum Gasteiger partial charge on any atom is -0.282 e. The van der Waals surface area contributed by atoms with Gasteiger partial charge in [-0.1, -0.05) is 36.4 Å². The molecule has 3 nitrogen and oxygen atoms in total. The van der Waals surface area contributed by atoms with Crippen molar-refractivity contribution >= 4 is 48.8 Å². The maximum atomic E-state index is 11.0. The monoisotopic (exact) mass is 316 g/mol. The van der Waals surface area contributed by atoms with E-state index in [1.54, 1.807) is 30.3 Å². The zero-order valence-electron chi connectivity index (χ0n) is 12.7. The molecule has 0 aliphatic rings. The first-order chi connectivity index (χ1) is 10.0. The standard InChI is InChI=1S/C10H8O3S.C6H13.Na/c11-14(12,13)10-7-3-5-8-4-1-2-6-9(8)10;1-3-5-6-4-2;/h1-7H,(H,11,12,13);1,3-6H2,2H3;. The van der Waals surface area contributed by atoms with E-state index < -0.39 is 10.1 Å². The van der Waals surface area contributed by atoms with E-state index in [1.165, 1.54) is 63.4 Å². The Balaban J connectivity index is 0.000000270. The van der Waals surface area contributed by atoms with Crippen LogP contribution < -0.4 is 0 Å². The Morgan fingerprint density at radius 1 is 1.00 bits per heavy atom. The summed E-state index contributed by atoms with van der Waals surface area (Å²) in [6.45, 7) is 2.26. The summed E-state index contributed by atoms with van der Waals surface area (Å²) in [5.74, 6) is 0. The van der Waals surface area contributed by atoms with Crippen molar-refractivity contribution < 1.29 is 13.0 Å². The summed E-state index contributed by atoms with van der Waals surface area (Å²) in [5, 5.41) is 1.33. The second-order valence-electron chi connectivity index (χ2n) is 5.01. The molecular weight excluding hydrogens is 295 g/mol. The van der Waals surface area contributed by atoms with Crippen LogP contribution in [0.4, 0.5) is 0 Å². The number of hydrogen-bond acceptors (Lipinski definition) is 2. The van der Waals surface area contributed by atoms with Crippen LogP contribution in [0, 0.1) is 0 Å². The van der Waals surface area contributed by atoms with Crippen LogP contribution in [-0.2, 0) is 10.1 Å². The van der Waals surface area contributed by atoms with Crippen molar-refractivity contribution in [1.82, 2.24) is 0 Å². The molecule has 0 aliphatic carbocycles. The first-order valence-corrected chi connectivity index (χ1v) is 10.3. The molecule has 1 N–H and O–H groups in total. The van der Waals surface area contributed by atoms with Crippen LogP contribution in [0.5, 0.6) is 0 Å². The van der Waals surface area contributed by atoms with E-state index in [0.29, 0.717) is 5.39 Å². The van der Waals surface area contributed by atoms with E-state index in [-0.39, 0.29) is 4.90 Å². The summed E-state index contributed by atoms with van der Waals surface area (Å²) >= 11 is 1.41. The molecule has 0 amide bonds. The first-order valence-electron chi connectivity index (χ1n) is 7.46. The van der Waals surface area contributed by atoms with Crippen LogP contribution in [0.3, 0.4) is 0 Å². The summed E-state index contributed by atoms with van der Waals surface area (Å²) < 4.78 is 32.5. The van der Waals surface area contributed by atoms with Crippen LogP contribution in [-0.4, -0.2) is 40.9 Å². The minimum atomic E-state index is -4.13. The van der Waals surface area contributed by atoms with Crippen LogP contribution in [0.25, 0.3) is 10.8 Å². The predicted octanol–water partition coefficient (Wildman–Crippen LogP) is 4.24. The van der Waals surface area contributed by atoms with Crippen molar-refractivity contribution in [2.45, 2.75) is 41.2 Å². The van der Waals surface area contributed by atoms with Gasteiger partial charge in [0.25, 0.3) is 10.1 Å². The molecule has 2 aromatic rings. The molecule has 0 unspecified atom stereocenters. The topological polar surface area (TPSA) is 54.4 Å². The zero-order chi connectivity index (χ0) is 15.7. The molecule has 0 aromatic heterocycles. The molecular formula is C16H21NaO3S. The third kappa shape index (κ3) is 6.49. The Morgan fingerprint density at radius 3 is 2.29 bits per heavy atom. The van der Waals surface area contributed by atoms with Crippen LogP contribution in [0.2, 0.25) is 3.67 Å². The second kappa shape index (κ2) is 9.59. The largest absolute Gasteiger partial charge is 0.295 e. The van der Waals surface area contributed by atoms with Crippen molar-refractivity contribution in [3.05, 3.63) is 42.5 Å². The maximum Gasteiger partial charge on any atom is 0.295 e. The smallest absolute Gasteiger partial charge is 0.282 e. The van der Waals surface area contributed by atoms with Gasteiger partial charge in [0.05, 0.1) is 0 Å². The fourth-order valence-corrected chi connectivity index (χ4v) is 3.31. The fraction of sp³-hybridized carbons (Fsp3) is 0.375. The molecule has 0 atom stereocenters. The number of benzene rings is 2. The van der Waals surface area contributed by atoms with Gasteiger partial charge in [-0.05, 0) is 11.5 Å². The molecule has 5 heteroatoms. The van der Waals surface area contributed by atoms with Crippen LogP contribution >= 0.6 is 0 Å². The fourth-order valence-electron chi connectivity index (χ4n) is 2.10. The summed E-state index contributed by atoms with van der Waals surface area (Å²) in [7, 11) is -4.13. The van der Waals surface area contributed by atoms with Gasteiger partial charge in [-0.2, -0.15) is 8.42 Å². The van der Waals surface area contributed by atoms with Crippen molar-refractivity contribution in [2.24, 2.45) is 0 Å². The molecule has 2 rings (SSSR count). The second-order valence-corrected chi connectivity index (χ2v) is 7.40. The first kappa shape index (κ1) is 18.7. The SMILES string of the molecule is CCCCC[CH2][Na].O=S(=O)(O)c1cccc2ccccc12. The van der Waals surface area contributed by atoms with Gasteiger partial charge in [-0.25, -0.2) is 0 Å². The van der Waals surface area contributed by atoms with Crippen LogP contribution in [0.1, 0.15) is 32.6 Å². The summed E-state index contributed by atoms with van der Waals surface area (Å²) in [6, 6.07) is 11.8. The Kier molecular flexibility index (Phi) is 8.52. The molecule has 0 aliphatic heterocycles. The number of fused-ring (bicyclic) bond motifs is 1. The van der Waals surface area contributed by atoms with E-state index in [9.17, 15) is 8.42 Å². The molecule has 21 heavy (non-hydrogen) atoms. The van der Waals surface area contributed by atoms with E-state index in [0.717, 1.165) is 5.39 Å². The average Bonchev–Trinajstić information content (AvgIpc) is 2.47. The van der Waals surface area contributed by atoms with Gasteiger partial charge in [0.1, 0.15) is 4.90 Å². The van der Waals surface area contributed by atoms with Crippen molar-refractivity contribution in [3.63, 3.8) is 0 Å². The molecule has 2 aromatic carbocycles.